The minimum absolute atomic E-state index is 0.250. The van der Waals surface area contributed by atoms with Gasteiger partial charge in [-0.15, -0.1) is 0 Å². The Hall–Kier alpha value is -2.66. The molecule has 1 N–H and O–H groups in total. The van der Waals surface area contributed by atoms with Crippen LogP contribution in [0.3, 0.4) is 0 Å². The molecule has 0 saturated carbocycles. The van der Waals surface area contributed by atoms with Crippen LogP contribution < -0.4 is 14.2 Å². The molecule has 0 bridgehead atoms. The Labute approximate surface area is 147 Å². The summed E-state index contributed by atoms with van der Waals surface area (Å²) in [6.45, 7) is 2.32. The van der Waals surface area contributed by atoms with E-state index in [4.69, 9.17) is 14.2 Å². The Morgan fingerprint density at radius 3 is 2.64 bits per heavy atom. The Morgan fingerprint density at radius 1 is 1.00 bits per heavy atom. The summed E-state index contributed by atoms with van der Waals surface area (Å²) in [6.07, 6.45) is 0. The number of rotatable bonds is 3. The molecule has 4 rings (SSSR count). The fourth-order valence-corrected chi connectivity index (χ4v) is 3.38. The summed E-state index contributed by atoms with van der Waals surface area (Å²) in [5.41, 5.74) is 4.19. The first-order chi connectivity index (χ1) is 12.1. The third kappa shape index (κ3) is 2.91. The number of hydrogen-bond donors (Lipinski definition) is 1. The van der Waals surface area contributed by atoms with E-state index in [1.807, 2.05) is 38.4 Å². The summed E-state index contributed by atoms with van der Waals surface area (Å²) in [5.74, 6) is 2.36. The maximum absolute atomic E-state index is 9.94. The van der Waals surface area contributed by atoms with Gasteiger partial charge in [0.05, 0.1) is 0 Å². The van der Waals surface area contributed by atoms with E-state index in [0.29, 0.717) is 25.6 Å². The van der Waals surface area contributed by atoms with Crippen LogP contribution in [-0.4, -0.2) is 50.5 Å². The van der Waals surface area contributed by atoms with E-state index in [0.717, 1.165) is 34.7 Å². The van der Waals surface area contributed by atoms with Crippen LogP contribution in [0.4, 0.5) is 0 Å². The molecule has 130 valence electrons. The Morgan fingerprint density at radius 2 is 1.84 bits per heavy atom. The van der Waals surface area contributed by atoms with Crippen molar-refractivity contribution in [1.29, 1.82) is 0 Å². The van der Waals surface area contributed by atoms with E-state index >= 15 is 0 Å². The van der Waals surface area contributed by atoms with Crippen LogP contribution in [0.15, 0.2) is 42.0 Å². The van der Waals surface area contributed by atoms with Crippen LogP contribution in [0.2, 0.25) is 0 Å². The van der Waals surface area contributed by atoms with Gasteiger partial charge >= 0.3 is 0 Å². The van der Waals surface area contributed by atoms with E-state index in [-0.39, 0.29) is 5.75 Å². The van der Waals surface area contributed by atoms with E-state index in [2.05, 4.69) is 4.90 Å². The first kappa shape index (κ1) is 15.8. The Bertz CT molecular complexity index is 842. The number of nitrogens with zero attached hydrogens (tertiary/aromatic N) is 1. The van der Waals surface area contributed by atoms with Crippen molar-refractivity contribution in [2.45, 2.75) is 0 Å². The average molecular weight is 339 g/mol. The fraction of sp³-hybridized carbons (Fsp3) is 0.300. The minimum atomic E-state index is 0.250. The number of fused-ring (bicyclic) bond motifs is 3. The second kappa shape index (κ2) is 6.33. The van der Waals surface area contributed by atoms with Crippen LogP contribution in [-0.2, 0) is 0 Å². The number of aromatic hydroxyl groups is 1. The quantitative estimate of drug-likeness (QED) is 0.932. The largest absolute Gasteiger partial charge is 0.508 e. The molecular weight excluding hydrogens is 318 g/mol. The first-order valence-corrected chi connectivity index (χ1v) is 8.35. The van der Waals surface area contributed by atoms with Gasteiger partial charge < -0.3 is 24.2 Å². The van der Waals surface area contributed by atoms with Gasteiger partial charge in [-0.1, -0.05) is 12.1 Å². The fourth-order valence-electron chi connectivity index (χ4n) is 3.38. The van der Waals surface area contributed by atoms with Crippen LogP contribution >= 0.6 is 0 Å². The Kier molecular flexibility index (Phi) is 4.01. The SMILES string of the molecule is CN(C)CC1=C(c2cccc(O)c2)c2ccc3c(c2OC1)OCCO3. The highest BCUT2D eigenvalue weighted by molar-refractivity contribution is 5.88. The van der Waals surface area contributed by atoms with Crippen molar-refractivity contribution in [3.63, 3.8) is 0 Å². The number of benzene rings is 2. The van der Waals surface area contributed by atoms with Crippen LogP contribution in [0.25, 0.3) is 5.57 Å². The monoisotopic (exact) mass is 339 g/mol. The molecule has 2 aromatic rings. The van der Waals surface area contributed by atoms with Crippen molar-refractivity contribution in [2.75, 3.05) is 40.5 Å². The molecule has 2 aliphatic rings. The van der Waals surface area contributed by atoms with Gasteiger partial charge in [-0.2, -0.15) is 0 Å². The van der Waals surface area contributed by atoms with Crippen molar-refractivity contribution in [3.8, 4) is 23.0 Å². The molecule has 2 heterocycles. The van der Waals surface area contributed by atoms with E-state index < -0.39 is 0 Å². The summed E-state index contributed by atoms with van der Waals surface area (Å²) >= 11 is 0. The summed E-state index contributed by atoms with van der Waals surface area (Å²) in [5, 5.41) is 9.94. The molecule has 2 aromatic carbocycles. The van der Waals surface area contributed by atoms with Crippen LogP contribution in [0.1, 0.15) is 11.1 Å². The van der Waals surface area contributed by atoms with E-state index in [1.165, 1.54) is 5.57 Å². The molecule has 0 unspecified atom stereocenters. The second-order valence-electron chi connectivity index (χ2n) is 6.52. The molecule has 0 aliphatic carbocycles. The summed E-state index contributed by atoms with van der Waals surface area (Å²) in [7, 11) is 4.07. The summed E-state index contributed by atoms with van der Waals surface area (Å²) in [6, 6.07) is 11.3. The van der Waals surface area contributed by atoms with Crippen molar-refractivity contribution in [1.82, 2.24) is 4.90 Å². The third-order valence-electron chi connectivity index (χ3n) is 4.32. The highest BCUT2D eigenvalue weighted by Crippen LogP contribution is 2.48. The first-order valence-electron chi connectivity index (χ1n) is 8.35. The summed E-state index contributed by atoms with van der Waals surface area (Å²) in [4.78, 5) is 2.12. The molecular formula is C20H21NO4. The molecule has 0 atom stereocenters. The molecule has 0 radical (unpaired) electrons. The third-order valence-corrected chi connectivity index (χ3v) is 4.32. The number of phenolic OH excluding ortho intramolecular Hbond substituents is 1. The molecule has 0 aromatic heterocycles. The minimum Gasteiger partial charge on any atom is -0.508 e. The van der Waals surface area contributed by atoms with Gasteiger partial charge in [0.2, 0.25) is 5.75 Å². The lowest BCUT2D eigenvalue weighted by Crippen LogP contribution is -2.24. The van der Waals surface area contributed by atoms with Gasteiger partial charge in [-0.25, -0.2) is 0 Å². The van der Waals surface area contributed by atoms with Crippen molar-refractivity contribution >= 4 is 5.57 Å². The Balaban J connectivity index is 1.91. The maximum atomic E-state index is 9.94. The number of ether oxygens (including phenoxy) is 3. The van der Waals surface area contributed by atoms with Crippen molar-refractivity contribution in [3.05, 3.63) is 53.1 Å². The van der Waals surface area contributed by atoms with Gasteiger partial charge in [0.25, 0.3) is 0 Å². The number of likely N-dealkylation sites (N-methyl/N-ethyl adjacent to an activating group) is 1. The van der Waals surface area contributed by atoms with Gasteiger partial charge in [0.1, 0.15) is 25.6 Å². The molecule has 0 fully saturated rings. The lowest BCUT2D eigenvalue weighted by Gasteiger charge is -2.29. The van der Waals surface area contributed by atoms with Gasteiger partial charge in [0, 0.05) is 12.1 Å². The zero-order valence-corrected chi connectivity index (χ0v) is 14.4. The normalized spacial score (nSPS) is 15.8. The number of hydrogen-bond acceptors (Lipinski definition) is 5. The molecule has 0 saturated heterocycles. The standard InChI is InChI=1S/C20H21NO4/c1-21(2)11-14-12-25-19-16(6-7-17-20(19)24-9-8-23-17)18(14)13-4-3-5-15(22)10-13/h3-7,10,22H,8-9,11-12H2,1-2H3. The van der Waals surface area contributed by atoms with Gasteiger partial charge in [-0.05, 0) is 55.1 Å². The zero-order valence-electron chi connectivity index (χ0n) is 14.4. The van der Waals surface area contributed by atoms with E-state index in [9.17, 15) is 5.11 Å². The lowest BCUT2D eigenvalue weighted by atomic mass is 9.90. The smallest absolute Gasteiger partial charge is 0.204 e. The molecule has 0 spiro atoms. The van der Waals surface area contributed by atoms with Crippen LogP contribution in [0.5, 0.6) is 23.0 Å². The topological polar surface area (TPSA) is 51.2 Å². The van der Waals surface area contributed by atoms with Gasteiger partial charge in [-0.3, -0.25) is 0 Å². The lowest BCUT2D eigenvalue weighted by molar-refractivity contribution is 0.162. The molecule has 2 aliphatic heterocycles. The van der Waals surface area contributed by atoms with Gasteiger partial charge in [0.15, 0.2) is 11.5 Å². The molecule has 0 amide bonds. The highest BCUT2D eigenvalue weighted by atomic mass is 16.6. The van der Waals surface area contributed by atoms with Crippen molar-refractivity contribution in [2.24, 2.45) is 0 Å². The zero-order chi connectivity index (χ0) is 17.4. The van der Waals surface area contributed by atoms with Crippen molar-refractivity contribution < 1.29 is 19.3 Å². The highest BCUT2D eigenvalue weighted by Gasteiger charge is 2.28. The number of phenols is 1. The average Bonchev–Trinajstić information content (AvgIpc) is 2.60. The maximum Gasteiger partial charge on any atom is 0.204 e. The molecule has 5 heteroatoms. The van der Waals surface area contributed by atoms with E-state index in [1.54, 1.807) is 12.1 Å². The second-order valence-corrected chi connectivity index (χ2v) is 6.52. The summed E-state index contributed by atoms with van der Waals surface area (Å²) < 4.78 is 17.6. The molecule has 5 nitrogen and oxygen atoms in total. The predicted octanol–water partition coefficient (Wildman–Crippen LogP) is 2.92. The van der Waals surface area contributed by atoms with Crippen LogP contribution in [0, 0.1) is 0 Å². The predicted molar refractivity (Wildman–Crippen MR) is 95.6 cm³/mol. The molecule has 25 heavy (non-hydrogen) atoms.